The normalized spacial score (nSPS) is 20.1. The zero-order chi connectivity index (χ0) is 15.9. The number of nitrogens with zero attached hydrogens (tertiary/aromatic N) is 2. The first-order valence-corrected chi connectivity index (χ1v) is 10.2. The molecule has 1 aromatic rings. The van der Waals surface area contributed by atoms with Crippen LogP contribution in [0.4, 0.5) is 0 Å². The highest BCUT2D eigenvalue weighted by Gasteiger charge is 2.15. The average Bonchev–Trinajstić information content (AvgIpc) is 2.80. The minimum atomic E-state index is 0.534. The molecule has 1 aromatic heterocycles. The van der Waals surface area contributed by atoms with Crippen LogP contribution >= 0.6 is 11.3 Å². The van der Waals surface area contributed by atoms with Gasteiger partial charge in [-0.2, -0.15) is 0 Å². The summed E-state index contributed by atoms with van der Waals surface area (Å²) in [6.45, 7) is 0.801. The molecule has 1 heterocycles. The Morgan fingerprint density at radius 1 is 1.13 bits per heavy atom. The molecule has 23 heavy (non-hydrogen) atoms. The zero-order valence-electron chi connectivity index (χ0n) is 14.1. The lowest BCUT2D eigenvalue weighted by Crippen LogP contribution is -2.39. The van der Waals surface area contributed by atoms with E-state index in [1.807, 2.05) is 11.3 Å². The summed E-state index contributed by atoms with van der Waals surface area (Å²) in [4.78, 5) is 10.8. The van der Waals surface area contributed by atoms with Gasteiger partial charge in [-0.1, -0.05) is 25.7 Å². The maximum absolute atomic E-state index is 6.04. The van der Waals surface area contributed by atoms with Crippen LogP contribution in [0, 0.1) is 0 Å². The minimum absolute atomic E-state index is 0.534. The van der Waals surface area contributed by atoms with E-state index in [1.165, 1.54) is 79.8 Å². The molecule has 0 amide bonds. The molecule has 3 N–H and O–H groups in total. The van der Waals surface area contributed by atoms with Crippen LogP contribution in [0.1, 0.15) is 73.4 Å². The summed E-state index contributed by atoms with van der Waals surface area (Å²) >= 11 is 1.92. The van der Waals surface area contributed by atoms with Crippen LogP contribution in [0.2, 0.25) is 0 Å². The van der Waals surface area contributed by atoms with Crippen LogP contribution < -0.4 is 11.1 Å². The topological polar surface area (TPSA) is 63.3 Å². The molecule has 0 aliphatic heterocycles. The van der Waals surface area contributed by atoms with Crippen LogP contribution in [-0.2, 0) is 19.3 Å². The molecule has 0 atom stereocenters. The lowest BCUT2D eigenvalue weighted by atomic mass is 10.0. The number of nitrogens with two attached hydrogens (primary N) is 1. The number of guanidine groups is 1. The predicted octanol–water partition coefficient (Wildman–Crippen LogP) is 3.58. The van der Waals surface area contributed by atoms with Crippen LogP contribution in [0.3, 0.4) is 0 Å². The standard InChI is InChI=1S/C18H30N4S/c19-18(21-14-8-3-1-2-4-9-14)20-13-7-12-17-22-15-10-5-6-11-16(15)23-17/h14H,1-13H2,(H3,19,20,21). The molecule has 0 saturated heterocycles. The number of nitrogens with one attached hydrogen (secondary N) is 1. The Kier molecular flexibility index (Phi) is 6.31. The second-order valence-corrected chi connectivity index (χ2v) is 8.06. The third kappa shape index (κ3) is 5.20. The van der Waals surface area contributed by atoms with E-state index >= 15 is 0 Å². The molecule has 0 radical (unpaired) electrons. The molecule has 0 bridgehead atoms. The molecule has 5 heteroatoms. The summed E-state index contributed by atoms with van der Waals surface area (Å²) in [6, 6.07) is 0.534. The van der Waals surface area contributed by atoms with Gasteiger partial charge in [0.1, 0.15) is 0 Å². The van der Waals surface area contributed by atoms with Gasteiger partial charge in [0.05, 0.1) is 10.7 Å². The summed E-state index contributed by atoms with van der Waals surface area (Å²) < 4.78 is 0. The van der Waals surface area contributed by atoms with E-state index in [-0.39, 0.29) is 0 Å². The number of rotatable bonds is 5. The quantitative estimate of drug-likeness (QED) is 0.374. The Hall–Kier alpha value is -1.10. The first-order valence-electron chi connectivity index (χ1n) is 9.35. The molecule has 128 valence electrons. The molecule has 0 aromatic carbocycles. The summed E-state index contributed by atoms with van der Waals surface area (Å²) in [7, 11) is 0. The molecule has 4 nitrogen and oxygen atoms in total. The number of thiazole rings is 1. The average molecular weight is 335 g/mol. The van der Waals surface area contributed by atoms with Crippen molar-refractivity contribution in [2.75, 3.05) is 6.54 Å². The number of aryl methyl sites for hydroxylation is 3. The third-order valence-corrected chi connectivity index (χ3v) is 6.15. The van der Waals surface area contributed by atoms with Gasteiger partial charge < -0.3 is 11.1 Å². The van der Waals surface area contributed by atoms with Gasteiger partial charge in [-0.25, -0.2) is 4.98 Å². The fraction of sp³-hybridized carbons (Fsp3) is 0.778. The lowest BCUT2D eigenvalue weighted by molar-refractivity contribution is 0.530. The van der Waals surface area contributed by atoms with Crippen molar-refractivity contribution in [1.29, 1.82) is 0 Å². The number of aromatic nitrogens is 1. The summed E-state index contributed by atoms with van der Waals surface area (Å²) in [5, 5.41) is 4.71. The zero-order valence-corrected chi connectivity index (χ0v) is 15.0. The maximum atomic E-state index is 6.04. The van der Waals surface area contributed by atoms with Crippen molar-refractivity contribution in [3.63, 3.8) is 0 Å². The highest BCUT2D eigenvalue weighted by Crippen LogP contribution is 2.27. The van der Waals surface area contributed by atoms with Gasteiger partial charge in [-0.15, -0.1) is 11.3 Å². The Morgan fingerprint density at radius 2 is 1.91 bits per heavy atom. The first kappa shape index (κ1) is 16.7. The smallest absolute Gasteiger partial charge is 0.188 e. The number of aliphatic imine (C=N–C) groups is 1. The number of hydrogen-bond acceptors (Lipinski definition) is 3. The second kappa shape index (κ2) is 8.67. The van der Waals surface area contributed by atoms with Crippen molar-refractivity contribution in [2.24, 2.45) is 10.7 Å². The van der Waals surface area contributed by atoms with Gasteiger partial charge in [0, 0.05) is 23.9 Å². The molecule has 2 aliphatic carbocycles. The van der Waals surface area contributed by atoms with Crippen LogP contribution in [-0.4, -0.2) is 23.5 Å². The SMILES string of the molecule is NC(=NCCCc1nc2c(s1)CCCC2)NC1CCCCCC1. The minimum Gasteiger partial charge on any atom is -0.370 e. The van der Waals surface area contributed by atoms with E-state index in [0.717, 1.165) is 19.4 Å². The van der Waals surface area contributed by atoms with Gasteiger partial charge in [-0.3, -0.25) is 4.99 Å². The summed E-state index contributed by atoms with van der Waals surface area (Å²) in [5.41, 5.74) is 7.41. The van der Waals surface area contributed by atoms with Gasteiger partial charge in [0.2, 0.25) is 0 Å². The van der Waals surface area contributed by atoms with Crippen molar-refractivity contribution in [1.82, 2.24) is 10.3 Å². The van der Waals surface area contributed by atoms with Gasteiger partial charge in [-0.05, 0) is 44.9 Å². The fourth-order valence-corrected chi connectivity index (χ4v) is 4.82. The highest BCUT2D eigenvalue weighted by atomic mass is 32.1. The molecular weight excluding hydrogens is 304 g/mol. The van der Waals surface area contributed by atoms with E-state index in [2.05, 4.69) is 10.3 Å². The summed E-state index contributed by atoms with van der Waals surface area (Å²) in [6.07, 6.45) is 15.0. The Labute approximate surface area is 144 Å². The first-order chi connectivity index (χ1) is 11.3. The van der Waals surface area contributed by atoms with Crippen molar-refractivity contribution in [3.05, 3.63) is 15.6 Å². The van der Waals surface area contributed by atoms with E-state index in [9.17, 15) is 0 Å². The number of hydrogen-bond donors (Lipinski definition) is 2. The van der Waals surface area contributed by atoms with E-state index in [0.29, 0.717) is 12.0 Å². The third-order valence-electron chi connectivity index (χ3n) is 4.93. The Bertz CT molecular complexity index is 492. The summed E-state index contributed by atoms with van der Waals surface area (Å²) in [5.74, 6) is 0.635. The molecular formula is C18H30N4S. The molecule has 0 spiro atoms. The molecule has 1 saturated carbocycles. The van der Waals surface area contributed by atoms with Gasteiger partial charge in [0.15, 0.2) is 5.96 Å². The molecule has 2 aliphatic rings. The Balaban J connectivity index is 1.38. The highest BCUT2D eigenvalue weighted by molar-refractivity contribution is 7.11. The van der Waals surface area contributed by atoms with E-state index in [1.54, 1.807) is 0 Å². The van der Waals surface area contributed by atoms with Gasteiger partial charge >= 0.3 is 0 Å². The van der Waals surface area contributed by atoms with Gasteiger partial charge in [0.25, 0.3) is 0 Å². The Morgan fingerprint density at radius 3 is 2.70 bits per heavy atom. The largest absolute Gasteiger partial charge is 0.370 e. The fourth-order valence-electron chi connectivity index (χ4n) is 3.62. The molecule has 3 rings (SSSR count). The van der Waals surface area contributed by atoms with E-state index < -0.39 is 0 Å². The molecule has 0 unspecified atom stereocenters. The van der Waals surface area contributed by atoms with Crippen molar-refractivity contribution >= 4 is 17.3 Å². The predicted molar refractivity (Wildman–Crippen MR) is 98.2 cm³/mol. The number of fused-ring (bicyclic) bond motifs is 1. The maximum Gasteiger partial charge on any atom is 0.188 e. The molecule has 1 fully saturated rings. The lowest BCUT2D eigenvalue weighted by Gasteiger charge is -2.16. The van der Waals surface area contributed by atoms with Crippen molar-refractivity contribution < 1.29 is 0 Å². The van der Waals surface area contributed by atoms with Crippen LogP contribution in [0.5, 0.6) is 0 Å². The van der Waals surface area contributed by atoms with Crippen molar-refractivity contribution in [3.8, 4) is 0 Å². The monoisotopic (exact) mass is 334 g/mol. The van der Waals surface area contributed by atoms with Crippen LogP contribution in [0.15, 0.2) is 4.99 Å². The van der Waals surface area contributed by atoms with E-state index in [4.69, 9.17) is 10.7 Å². The second-order valence-electron chi connectivity index (χ2n) is 6.89. The van der Waals surface area contributed by atoms with Crippen molar-refractivity contribution in [2.45, 2.75) is 83.1 Å². The van der Waals surface area contributed by atoms with Crippen LogP contribution in [0.25, 0.3) is 0 Å².